The molecule has 0 saturated heterocycles. The molecule has 0 heterocycles. The minimum absolute atomic E-state index is 0.165. The van der Waals surface area contributed by atoms with Gasteiger partial charge in [-0.1, -0.05) is 19.3 Å². The van der Waals surface area contributed by atoms with Crippen LogP contribution in [0.2, 0.25) is 0 Å². The Morgan fingerprint density at radius 2 is 1.71 bits per heavy atom. The predicted octanol–water partition coefficient (Wildman–Crippen LogP) is 4.04. The van der Waals surface area contributed by atoms with Gasteiger partial charge < -0.3 is 10.5 Å². The number of hydrogen-bond donors (Lipinski definition) is 1. The van der Waals surface area contributed by atoms with Crippen molar-refractivity contribution in [1.82, 2.24) is 0 Å². The van der Waals surface area contributed by atoms with E-state index in [0.717, 1.165) is 12.3 Å². The van der Waals surface area contributed by atoms with E-state index >= 15 is 0 Å². The Morgan fingerprint density at radius 1 is 1.05 bits per heavy atom. The molecule has 0 atom stereocenters. The van der Waals surface area contributed by atoms with Gasteiger partial charge in [-0.15, -0.1) is 0 Å². The summed E-state index contributed by atoms with van der Waals surface area (Å²) in [5, 5.41) is 0. The first-order valence-corrected chi connectivity index (χ1v) is 8.62. The van der Waals surface area contributed by atoms with Crippen LogP contribution in [-0.4, -0.2) is 13.7 Å². The highest BCUT2D eigenvalue weighted by Gasteiger charge is 2.38. The number of aryl methyl sites for hydroxylation is 1. The van der Waals surface area contributed by atoms with Gasteiger partial charge in [0.2, 0.25) is 0 Å². The summed E-state index contributed by atoms with van der Waals surface area (Å²) in [7, 11) is 1.82. The quantitative estimate of drug-likeness (QED) is 0.910. The van der Waals surface area contributed by atoms with Crippen molar-refractivity contribution < 1.29 is 4.74 Å². The van der Waals surface area contributed by atoms with Gasteiger partial charge in [0.15, 0.2) is 0 Å². The van der Waals surface area contributed by atoms with Crippen LogP contribution in [0.25, 0.3) is 0 Å². The summed E-state index contributed by atoms with van der Waals surface area (Å²) in [4.78, 5) is 0. The molecule has 1 fully saturated rings. The van der Waals surface area contributed by atoms with Crippen molar-refractivity contribution in [3.63, 3.8) is 0 Å². The first-order valence-electron chi connectivity index (χ1n) is 8.62. The summed E-state index contributed by atoms with van der Waals surface area (Å²) in [6, 6.07) is 2.27. The zero-order valence-electron chi connectivity index (χ0n) is 13.6. The van der Waals surface area contributed by atoms with Crippen molar-refractivity contribution >= 4 is 0 Å². The number of hydrogen-bond acceptors (Lipinski definition) is 2. The molecule has 0 radical (unpaired) electrons. The zero-order chi connectivity index (χ0) is 14.9. The largest absolute Gasteiger partial charge is 0.496 e. The van der Waals surface area contributed by atoms with Crippen molar-refractivity contribution in [2.24, 2.45) is 5.73 Å². The van der Waals surface area contributed by atoms with E-state index in [0.29, 0.717) is 0 Å². The van der Waals surface area contributed by atoms with Gasteiger partial charge in [-0.25, -0.2) is 0 Å². The summed E-state index contributed by atoms with van der Waals surface area (Å²) in [5.74, 6) is 1.10. The lowest BCUT2D eigenvalue weighted by atomic mass is 9.65. The molecule has 0 aliphatic heterocycles. The fraction of sp³-hybridized carbons (Fsp3) is 0.684. The molecule has 3 rings (SSSR count). The minimum Gasteiger partial charge on any atom is -0.496 e. The van der Waals surface area contributed by atoms with Crippen LogP contribution in [0.4, 0.5) is 0 Å². The monoisotopic (exact) mass is 287 g/mol. The third-order valence-corrected chi connectivity index (χ3v) is 5.79. The van der Waals surface area contributed by atoms with Gasteiger partial charge in [-0.2, -0.15) is 0 Å². The van der Waals surface area contributed by atoms with E-state index in [1.54, 1.807) is 11.1 Å². The van der Waals surface area contributed by atoms with Crippen molar-refractivity contribution in [3.8, 4) is 5.75 Å². The maximum Gasteiger partial charge on any atom is 0.123 e. The molecule has 1 saturated carbocycles. The van der Waals surface area contributed by atoms with E-state index in [9.17, 15) is 0 Å². The maximum atomic E-state index is 6.31. The van der Waals surface area contributed by atoms with Crippen LogP contribution < -0.4 is 10.5 Å². The van der Waals surface area contributed by atoms with E-state index < -0.39 is 0 Å². The third kappa shape index (κ3) is 2.48. The summed E-state index contributed by atoms with van der Waals surface area (Å²) in [6.45, 7) is 3.01. The highest BCUT2D eigenvalue weighted by molar-refractivity contribution is 5.54. The molecule has 21 heavy (non-hydrogen) atoms. The Hall–Kier alpha value is -1.02. The topological polar surface area (TPSA) is 35.2 Å². The maximum absolute atomic E-state index is 6.31. The van der Waals surface area contributed by atoms with Crippen molar-refractivity contribution in [3.05, 3.63) is 28.3 Å². The van der Waals surface area contributed by atoms with Crippen LogP contribution in [-0.2, 0) is 18.3 Å². The van der Waals surface area contributed by atoms with Crippen LogP contribution >= 0.6 is 0 Å². The molecule has 0 bridgehead atoms. The number of rotatable bonds is 3. The molecule has 0 amide bonds. The molecule has 2 nitrogen and oxygen atoms in total. The molecular weight excluding hydrogens is 258 g/mol. The van der Waals surface area contributed by atoms with Gasteiger partial charge in [0, 0.05) is 17.5 Å². The molecule has 2 aliphatic carbocycles. The molecule has 116 valence electrons. The fourth-order valence-electron chi connectivity index (χ4n) is 4.65. The molecule has 1 aromatic rings. The first kappa shape index (κ1) is 14.9. The Morgan fingerprint density at radius 3 is 2.33 bits per heavy atom. The molecule has 2 aliphatic rings. The molecule has 0 aromatic heterocycles. The van der Waals surface area contributed by atoms with E-state index in [-0.39, 0.29) is 5.41 Å². The van der Waals surface area contributed by atoms with Gasteiger partial charge in [-0.3, -0.25) is 0 Å². The number of fused-ring (bicyclic) bond motifs is 1. The van der Waals surface area contributed by atoms with Crippen molar-refractivity contribution in [2.45, 2.75) is 70.1 Å². The van der Waals surface area contributed by atoms with E-state index in [4.69, 9.17) is 10.5 Å². The summed E-state index contributed by atoms with van der Waals surface area (Å²) in [5.41, 5.74) is 12.5. The molecule has 0 unspecified atom stereocenters. The highest BCUT2D eigenvalue weighted by Crippen LogP contribution is 2.47. The van der Waals surface area contributed by atoms with Gasteiger partial charge in [0.1, 0.15) is 5.75 Å². The van der Waals surface area contributed by atoms with Gasteiger partial charge in [0.25, 0.3) is 0 Å². The van der Waals surface area contributed by atoms with Crippen LogP contribution in [0.5, 0.6) is 5.75 Å². The molecular formula is C19H29NO. The number of methoxy groups -OCH3 is 1. The second-order valence-electron chi connectivity index (χ2n) is 6.98. The SMILES string of the molecule is COc1cc(C)c2c(c1C1(CN)CCCCC1)CCCC2. The van der Waals surface area contributed by atoms with E-state index in [2.05, 4.69) is 13.0 Å². The molecule has 2 heteroatoms. The van der Waals surface area contributed by atoms with Crippen LogP contribution in [0.3, 0.4) is 0 Å². The molecule has 0 spiro atoms. The van der Waals surface area contributed by atoms with Crippen LogP contribution in [0.1, 0.15) is 67.2 Å². The van der Waals surface area contributed by atoms with Crippen LogP contribution in [0.15, 0.2) is 6.07 Å². The standard InChI is InChI=1S/C19H29NO/c1-14-12-17(21-2)18(16-9-5-4-8-15(14)16)19(13-20)10-6-3-7-11-19/h12H,3-11,13,20H2,1-2H3. The molecule has 2 N–H and O–H groups in total. The van der Waals surface area contributed by atoms with Gasteiger partial charge >= 0.3 is 0 Å². The normalized spacial score (nSPS) is 20.9. The molecule has 1 aromatic carbocycles. The second-order valence-corrected chi connectivity index (χ2v) is 6.98. The predicted molar refractivity (Wildman–Crippen MR) is 88.2 cm³/mol. The summed E-state index contributed by atoms with van der Waals surface area (Å²) >= 11 is 0. The van der Waals surface area contributed by atoms with Gasteiger partial charge in [0.05, 0.1) is 7.11 Å². The van der Waals surface area contributed by atoms with Crippen LogP contribution in [0, 0.1) is 6.92 Å². The Kier molecular flexibility index (Phi) is 4.26. The summed E-state index contributed by atoms with van der Waals surface area (Å²) in [6.07, 6.45) is 11.5. The van der Waals surface area contributed by atoms with Gasteiger partial charge in [-0.05, 0) is 68.2 Å². The van der Waals surface area contributed by atoms with Crippen molar-refractivity contribution in [2.75, 3.05) is 13.7 Å². The van der Waals surface area contributed by atoms with E-state index in [1.807, 2.05) is 7.11 Å². The number of benzene rings is 1. The average molecular weight is 287 g/mol. The Bertz CT molecular complexity index is 515. The number of ether oxygens (including phenoxy) is 1. The third-order valence-electron chi connectivity index (χ3n) is 5.79. The zero-order valence-corrected chi connectivity index (χ0v) is 13.6. The average Bonchev–Trinajstić information content (AvgIpc) is 2.55. The number of nitrogens with two attached hydrogens (primary N) is 1. The lowest BCUT2D eigenvalue weighted by molar-refractivity contribution is 0.284. The van der Waals surface area contributed by atoms with Crippen molar-refractivity contribution in [1.29, 1.82) is 0 Å². The smallest absolute Gasteiger partial charge is 0.123 e. The summed E-state index contributed by atoms with van der Waals surface area (Å²) < 4.78 is 5.82. The lowest BCUT2D eigenvalue weighted by Gasteiger charge is -2.40. The lowest BCUT2D eigenvalue weighted by Crippen LogP contribution is -2.39. The Labute approximate surface area is 129 Å². The highest BCUT2D eigenvalue weighted by atomic mass is 16.5. The second kappa shape index (κ2) is 6.00. The minimum atomic E-state index is 0.165. The first-order chi connectivity index (χ1) is 10.2. The fourth-order valence-corrected chi connectivity index (χ4v) is 4.65. The van der Waals surface area contributed by atoms with E-state index in [1.165, 1.54) is 68.9 Å². The Balaban J connectivity index is 2.19.